The summed E-state index contributed by atoms with van der Waals surface area (Å²) in [5.74, 6) is 1.10. The third-order valence-corrected chi connectivity index (χ3v) is 4.88. The van der Waals surface area contributed by atoms with Gasteiger partial charge in [0.25, 0.3) is 0 Å². The van der Waals surface area contributed by atoms with Crippen LogP contribution in [0.4, 0.5) is 0 Å². The third kappa shape index (κ3) is 2.31. The van der Waals surface area contributed by atoms with Crippen molar-refractivity contribution >= 4 is 0 Å². The third-order valence-electron chi connectivity index (χ3n) is 4.88. The summed E-state index contributed by atoms with van der Waals surface area (Å²) in [6, 6.07) is 14.1. The Kier molecular flexibility index (Phi) is 3.24. The Bertz CT molecular complexity index is 684. The summed E-state index contributed by atoms with van der Waals surface area (Å²) < 4.78 is 0. The molecule has 1 atom stereocenters. The normalized spacial score (nSPS) is 17.0. The van der Waals surface area contributed by atoms with Crippen molar-refractivity contribution in [2.75, 3.05) is 0 Å². The lowest BCUT2D eigenvalue weighted by Gasteiger charge is -2.20. The Morgan fingerprint density at radius 2 is 1.43 bits per heavy atom. The van der Waals surface area contributed by atoms with E-state index in [1.165, 1.54) is 33.4 Å². The molecule has 0 heteroatoms. The molecule has 0 aromatic heterocycles. The molecule has 2 aromatic rings. The highest BCUT2D eigenvalue weighted by Crippen LogP contribution is 2.46. The fraction of sp³-hybridized carbons (Fsp3) is 0.429. The van der Waals surface area contributed by atoms with E-state index in [1.807, 2.05) is 0 Å². The van der Waals surface area contributed by atoms with Gasteiger partial charge >= 0.3 is 0 Å². The largest absolute Gasteiger partial charge is 0.0587 e. The zero-order valence-corrected chi connectivity index (χ0v) is 14.1. The predicted molar refractivity (Wildman–Crippen MR) is 92.2 cm³/mol. The molecule has 1 aliphatic rings. The molecule has 0 N–H and O–H groups in total. The number of hydrogen-bond donors (Lipinski definition) is 0. The molecule has 0 heterocycles. The minimum Gasteiger partial charge on any atom is -0.0587 e. The first-order valence-electron chi connectivity index (χ1n) is 8.07. The Morgan fingerprint density at radius 3 is 2.00 bits per heavy atom. The molecule has 0 saturated carbocycles. The molecule has 0 aliphatic heterocycles. The van der Waals surface area contributed by atoms with Crippen molar-refractivity contribution in [1.82, 2.24) is 0 Å². The molecule has 0 saturated heterocycles. The fourth-order valence-corrected chi connectivity index (χ4v) is 3.34. The van der Waals surface area contributed by atoms with Gasteiger partial charge in [-0.3, -0.25) is 0 Å². The van der Waals surface area contributed by atoms with E-state index in [0.29, 0.717) is 11.8 Å². The second-order valence-electron chi connectivity index (χ2n) is 7.78. The minimum atomic E-state index is 0.215. The Labute approximate surface area is 129 Å². The lowest BCUT2D eigenvalue weighted by molar-refractivity contribution is 0.589. The van der Waals surface area contributed by atoms with Crippen LogP contribution in [0.2, 0.25) is 0 Å². The van der Waals surface area contributed by atoms with E-state index in [2.05, 4.69) is 77.9 Å². The van der Waals surface area contributed by atoms with Crippen molar-refractivity contribution < 1.29 is 0 Å². The summed E-state index contributed by atoms with van der Waals surface area (Å²) >= 11 is 0. The number of fused-ring (bicyclic) bond motifs is 3. The highest BCUT2D eigenvalue weighted by Gasteiger charge is 2.27. The summed E-state index contributed by atoms with van der Waals surface area (Å²) in [5, 5.41) is 0. The van der Waals surface area contributed by atoms with E-state index in [1.54, 1.807) is 0 Å². The first kappa shape index (κ1) is 14.4. The molecule has 3 rings (SSSR count). The van der Waals surface area contributed by atoms with Crippen LogP contribution in [-0.4, -0.2) is 0 Å². The minimum absolute atomic E-state index is 0.215. The molecule has 0 radical (unpaired) electrons. The van der Waals surface area contributed by atoms with Crippen LogP contribution in [0, 0.1) is 0 Å². The van der Waals surface area contributed by atoms with Crippen molar-refractivity contribution in [3.63, 3.8) is 0 Å². The van der Waals surface area contributed by atoms with E-state index >= 15 is 0 Å². The van der Waals surface area contributed by atoms with Crippen LogP contribution >= 0.6 is 0 Å². The van der Waals surface area contributed by atoms with Gasteiger partial charge in [-0.1, -0.05) is 77.9 Å². The molecule has 0 bridgehead atoms. The van der Waals surface area contributed by atoms with Gasteiger partial charge in [-0.15, -0.1) is 0 Å². The van der Waals surface area contributed by atoms with Crippen LogP contribution < -0.4 is 0 Å². The second kappa shape index (κ2) is 4.73. The Balaban J connectivity index is 2.13. The average Bonchev–Trinajstić information content (AvgIpc) is 2.70. The molecule has 1 unspecified atom stereocenters. The quantitative estimate of drug-likeness (QED) is 0.579. The smallest absolute Gasteiger partial charge is 0.00735 e. The summed E-state index contributed by atoms with van der Waals surface area (Å²) in [6.07, 6.45) is 0. The molecule has 21 heavy (non-hydrogen) atoms. The van der Waals surface area contributed by atoms with E-state index in [0.717, 1.165) is 0 Å². The Hall–Kier alpha value is -1.56. The maximum atomic E-state index is 2.43. The van der Waals surface area contributed by atoms with Gasteiger partial charge < -0.3 is 0 Å². The molecule has 110 valence electrons. The van der Waals surface area contributed by atoms with Gasteiger partial charge in [-0.25, -0.2) is 0 Å². The van der Waals surface area contributed by atoms with Crippen LogP contribution in [0.1, 0.15) is 75.6 Å². The molecule has 0 fully saturated rings. The van der Waals surface area contributed by atoms with Gasteiger partial charge in [0.1, 0.15) is 0 Å². The van der Waals surface area contributed by atoms with Crippen molar-refractivity contribution in [2.24, 2.45) is 0 Å². The maximum Gasteiger partial charge on any atom is 0.00735 e. The first-order chi connectivity index (χ1) is 9.79. The van der Waals surface area contributed by atoms with E-state index in [-0.39, 0.29) is 5.41 Å². The van der Waals surface area contributed by atoms with Crippen molar-refractivity contribution in [1.29, 1.82) is 0 Å². The highest BCUT2D eigenvalue weighted by molar-refractivity contribution is 5.79. The zero-order chi connectivity index (χ0) is 15.4. The molecule has 1 aliphatic carbocycles. The van der Waals surface area contributed by atoms with Crippen molar-refractivity contribution in [3.8, 4) is 11.1 Å². The Morgan fingerprint density at radius 1 is 0.857 bits per heavy atom. The molecule has 2 aromatic carbocycles. The van der Waals surface area contributed by atoms with Crippen molar-refractivity contribution in [3.05, 3.63) is 58.7 Å². The topological polar surface area (TPSA) is 0 Å². The second-order valence-corrected chi connectivity index (χ2v) is 7.78. The average molecular weight is 278 g/mol. The molecule has 0 nitrogen and oxygen atoms in total. The summed E-state index contributed by atoms with van der Waals surface area (Å²) in [7, 11) is 0. The number of rotatable bonds is 1. The summed E-state index contributed by atoms with van der Waals surface area (Å²) in [4.78, 5) is 0. The highest BCUT2D eigenvalue weighted by atomic mass is 14.3. The number of benzene rings is 2. The maximum absolute atomic E-state index is 2.43. The van der Waals surface area contributed by atoms with Crippen LogP contribution in [0.3, 0.4) is 0 Å². The number of hydrogen-bond acceptors (Lipinski definition) is 0. The van der Waals surface area contributed by atoms with Crippen LogP contribution in [0.5, 0.6) is 0 Å². The molecular weight excluding hydrogens is 252 g/mol. The van der Waals surface area contributed by atoms with Gasteiger partial charge in [0.15, 0.2) is 0 Å². The van der Waals surface area contributed by atoms with Crippen LogP contribution in [0.25, 0.3) is 11.1 Å². The summed E-state index contributed by atoms with van der Waals surface area (Å²) in [6.45, 7) is 13.8. The van der Waals surface area contributed by atoms with Gasteiger partial charge in [-0.2, -0.15) is 0 Å². The fourth-order valence-electron chi connectivity index (χ4n) is 3.34. The van der Waals surface area contributed by atoms with E-state index < -0.39 is 0 Å². The van der Waals surface area contributed by atoms with Gasteiger partial charge in [0, 0.05) is 5.92 Å². The zero-order valence-electron chi connectivity index (χ0n) is 14.1. The monoisotopic (exact) mass is 278 g/mol. The molecule has 0 spiro atoms. The first-order valence-corrected chi connectivity index (χ1v) is 8.07. The lowest BCUT2D eigenvalue weighted by Crippen LogP contribution is -2.11. The lowest BCUT2D eigenvalue weighted by atomic mass is 9.84. The summed E-state index contributed by atoms with van der Waals surface area (Å²) in [5.41, 5.74) is 8.96. The predicted octanol–water partition coefficient (Wildman–Crippen LogP) is 6.24. The van der Waals surface area contributed by atoms with Gasteiger partial charge in [-0.05, 0) is 44.7 Å². The van der Waals surface area contributed by atoms with Gasteiger partial charge in [0.2, 0.25) is 0 Å². The SMILES string of the molecule is CC(C)c1ccc2c(c1)C(C)c1cc(C(C)(C)C)ccc1-2. The van der Waals surface area contributed by atoms with E-state index in [4.69, 9.17) is 0 Å². The van der Waals surface area contributed by atoms with E-state index in [9.17, 15) is 0 Å². The molecule has 0 amide bonds. The van der Waals surface area contributed by atoms with Crippen LogP contribution in [0.15, 0.2) is 36.4 Å². The van der Waals surface area contributed by atoms with Crippen LogP contribution in [-0.2, 0) is 5.41 Å². The molecular formula is C21H26. The standard InChI is InChI=1S/C21H26/c1-13(2)15-7-9-17-18-10-8-16(21(4,5)6)12-20(18)14(3)19(17)11-15/h7-14H,1-6H3. The van der Waals surface area contributed by atoms with Crippen molar-refractivity contribution in [2.45, 2.75) is 58.8 Å². The van der Waals surface area contributed by atoms with Gasteiger partial charge in [0.05, 0.1) is 0 Å².